The summed E-state index contributed by atoms with van der Waals surface area (Å²) in [6.45, 7) is 6.37. The second kappa shape index (κ2) is 9.82. The molecule has 0 aromatic heterocycles. The zero-order valence-corrected chi connectivity index (χ0v) is 18.7. The topological polar surface area (TPSA) is 79.6 Å². The van der Waals surface area contributed by atoms with Crippen LogP contribution < -0.4 is 9.47 Å². The number of carbonyl (C=O) groups excluding carboxylic acids is 2. The molecule has 1 aliphatic heterocycles. The summed E-state index contributed by atoms with van der Waals surface area (Å²) in [5, 5.41) is 9.61. The molecule has 0 atom stereocenters. The number of imide groups is 1. The molecule has 0 bridgehead atoms. The molecule has 31 heavy (non-hydrogen) atoms. The Kier molecular flexibility index (Phi) is 7.17. The van der Waals surface area contributed by atoms with E-state index in [-0.39, 0.29) is 17.5 Å². The van der Waals surface area contributed by atoms with E-state index in [1.54, 1.807) is 26.2 Å². The lowest BCUT2D eigenvalue weighted by atomic mass is 9.88. The third kappa shape index (κ3) is 4.82. The van der Waals surface area contributed by atoms with Crippen molar-refractivity contribution in [2.24, 2.45) is 5.92 Å². The van der Waals surface area contributed by atoms with Gasteiger partial charge in [0, 0.05) is 11.6 Å². The van der Waals surface area contributed by atoms with E-state index in [1.165, 1.54) is 4.90 Å². The molecular weight excluding hydrogens is 392 g/mol. The standard InChI is InChI=1S/C25H30N2O4/c1-16(2)15-31-22-11-10-18(13-23(22)30-4)12-20-17(3)21(14-26)25(29)27(24(20)28)19-8-6-5-7-9-19/h10-13,16,19H,5-9,15H2,1-4H3/b20-12+. The van der Waals surface area contributed by atoms with Gasteiger partial charge in [-0.25, -0.2) is 0 Å². The number of rotatable bonds is 6. The van der Waals surface area contributed by atoms with E-state index in [9.17, 15) is 14.9 Å². The SMILES string of the molecule is COc1cc(/C=C2/C(=O)N(C3CCCCC3)C(=O)C(C#N)=C2C)ccc1OCC(C)C. The third-order valence-corrected chi connectivity index (χ3v) is 5.78. The number of amides is 2. The number of methoxy groups -OCH3 is 1. The highest BCUT2D eigenvalue weighted by atomic mass is 16.5. The Balaban J connectivity index is 1.99. The van der Waals surface area contributed by atoms with Gasteiger partial charge in [-0.15, -0.1) is 0 Å². The van der Waals surface area contributed by atoms with Crippen LogP contribution in [0.3, 0.4) is 0 Å². The first-order valence-electron chi connectivity index (χ1n) is 10.9. The quantitative estimate of drug-likeness (QED) is 0.492. The molecule has 1 aromatic carbocycles. The minimum absolute atomic E-state index is 0.0419. The van der Waals surface area contributed by atoms with E-state index in [0.29, 0.717) is 35.2 Å². The summed E-state index contributed by atoms with van der Waals surface area (Å²) in [6, 6.07) is 7.34. The van der Waals surface area contributed by atoms with Crippen LogP contribution in [0.4, 0.5) is 0 Å². The average Bonchev–Trinajstić information content (AvgIpc) is 2.76. The average molecular weight is 423 g/mol. The molecule has 0 N–H and O–H groups in total. The second-order valence-corrected chi connectivity index (χ2v) is 8.56. The van der Waals surface area contributed by atoms with Crippen molar-refractivity contribution in [3.05, 3.63) is 40.5 Å². The van der Waals surface area contributed by atoms with Crippen LogP contribution in [0.2, 0.25) is 0 Å². The van der Waals surface area contributed by atoms with Crippen LogP contribution in [-0.4, -0.2) is 36.5 Å². The highest BCUT2D eigenvalue weighted by Crippen LogP contribution is 2.34. The molecule has 6 heteroatoms. The van der Waals surface area contributed by atoms with E-state index < -0.39 is 5.91 Å². The first-order valence-corrected chi connectivity index (χ1v) is 10.9. The van der Waals surface area contributed by atoms with Crippen molar-refractivity contribution in [1.82, 2.24) is 4.90 Å². The van der Waals surface area contributed by atoms with Gasteiger partial charge < -0.3 is 9.47 Å². The number of nitrogens with zero attached hydrogens (tertiary/aromatic N) is 2. The Morgan fingerprint density at radius 2 is 1.87 bits per heavy atom. The van der Waals surface area contributed by atoms with Crippen LogP contribution in [0.25, 0.3) is 6.08 Å². The smallest absolute Gasteiger partial charge is 0.271 e. The Hall–Kier alpha value is -3.07. The first-order chi connectivity index (χ1) is 14.9. The zero-order chi connectivity index (χ0) is 22.5. The van der Waals surface area contributed by atoms with Crippen molar-refractivity contribution >= 4 is 17.9 Å². The van der Waals surface area contributed by atoms with Crippen LogP contribution >= 0.6 is 0 Å². The lowest BCUT2D eigenvalue weighted by Gasteiger charge is -2.36. The van der Waals surface area contributed by atoms with E-state index in [1.807, 2.05) is 18.2 Å². The molecule has 2 aliphatic rings. The fraction of sp³-hybridized carbons (Fsp3) is 0.480. The van der Waals surface area contributed by atoms with Gasteiger partial charge in [-0.05, 0) is 55.0 Å². The van der Waals surface area contributed by atoms with Gasteiger partial charge in [0.25, 0.3) is 11.8 Å². The first kappa shape index (κ1) is 22.6. The summed E-state index contributed by atoms with van der Waals surface area (Å²) >= 11 is 0. The van der Waals surface area contributed by atoms with E-state index in [4.69, 9.17) is 9.47 Å². The molecule has 1 aromatic rings. The van der Waals surface area contributed by atoms with Gasteiger partial charge in [0.2, 0.25) is 0 Å². The molecular formula is C25H30N2O4. The fourth-order valence-corrected chi connectivity index (χ4v) is 4.09. The predicted molar refractivity (Wildman–Crippen MR) is 118 cm³/mol. The maximum Gasteiger partial charge on any atom is 0.271 e. The summed E-state index contributed by atoms with van der Waals surface area (Å²) in [5.41, 5.74) is 1.58. The number of nitriles is 1. The number of hydrogen-bond donors (Lipinski definition) is 0. The van der Waals surface area contributed by atoms with Gasteiger partial charge in [0.05, 0.1) is 13.7 Å². The van der Waals surface area contributed by atoms with Crippen LogP contribution in [-0.2, 0) is 9.59 Å². The van der Waals surface area contributed by atoms with E-state index in [0.717, 1.165) is 37.7 Å². The van der Waals surface area contributed by atoms with E-state index >= 15 is 0 Å². The fourth-order valence-electron chi connectivity index (χ4n) is 4.09. The molecule has 0 spiro atoms. The third-order valence-electron chi connectivity index (χ3n) is 5.78. The van der Waals surface area contributed by atoms with Crippen molar-refractivity contribution < 1.29 is 19.1 Å². The van der Waals surface area contributed by atoms with Crippen molar-refractivity contribution in [1.29, 1.82) is 5.26 Å². The monoisotopic (exact) mass is 422 g/mol. The Morgan fingerprint density at radius 1 is 1.16 bits per heavy atom. The van der Waals surface area contributed by atoms with Gasteiger partial charge in [-0.1, -0.05) is 39.2 Å². The lowest BCUT2D eigenvalue weighted by molar-refractivity contribution is -0.143. The maximum absolute atomic E-state index is 13.3. The zero-order valence-electron chi connectivity index (χ0n) is 18.7. The second-order valence-electron chi connectivity index (χ2n) is 8.56. The predicted octanol–water partition coefficient (Wildman–Crippen LogP) is 4.65. The lowest BCUT2D eigenvalue weighted by Crippen LogP contribution is -2.49. The van der Waals surface area contributed by atoms with Gasteiger partial charge in [0.15, 0.2) is 11.5 Å². The van der Waals surface area contributed by atoms with Crippen LogP contribution in [0, 0.1) is 17.2 Å². The normalized spacial score (nSPS) is 19.2. The molecule has 2 amide bonds. The minimum atomic E-state index is -0.468. The molecule has 1 aliphatic carbocycles. The van der Waals surface area contributed by atoms with Crippen LogP contribution in [0.5, 0.6) is 11.5 Å². The minimum Gasteiger partial charge on any atom is -0.493 e. The molecule has 164 valence electrons. The van der Waals surface area contributed by atoms with E-state index in [2.05, 4.69) is 13.8 Å². The molecule has 0 unspecified atom stereocenters. The number of hydrogen-bond acceptors (Lipinski definition) is 5. The largest absolute Gasteiger partial charge is 0.493 e. The molecule has 0 radical (unpaired) electrons. The van der Waals surface area contributed by atoms with Gasteiger partial charge in [0.1, 0.15) is 11.6 Å². The van der Waals surface area contributed by atoms with Gasteiger partial charge >= 0.3 is 0 Å². The van der Waals surface area contributed by atoms with Crippen molar-refractivity contribution in [2.75, 3.05) is 13.7 Å². The highest BCUT2D eigenvalue weighted by molar-refractivity contribution is 6.19. The van der Waals surface area contributed by atoms with Crippen molar-refractivity contribution in [3.8, 4) is 17.6 Å². The summed E-state index contributed by atoms with van der Waals surface area (Å²) < 4.78 is 11.3. The van der Waals surface area contributed by atoms with Gasteiger partial charge in [-0.3, -0.25) is 14.5 Å². The number of ether oxygens (including phenoxy) is 2. The van der Waals surface area contributed by atoms with Crippen molar-refractivity contribution in [3.63, 3.8) is 0 Å². The van der Waals surface area contributed by atoms with Crippen LogP contribution in [0.1, 0.15) is 58.4 Å². The Morgan fingerprint density at radius 3 is 2.48 bits per heavy atom. The maximum atomic E-state index is 13.3. The summed E-state index contributed by atoms with van der Waals surface area (Å²) in [5.74, 6) is 0.793. The molecule has 1 fully saturated rings. The molecule has 1 saturated carbocycles. The molecule has 1 heterocycles. The number of carbonyl (C=O) groups is 2. The number of benzene rings is 1. The highest BCUT2D eigenvalue weighted by Gasteiger charge is 2.39. The van der Waals surface area contributed by atoms with Gasteiger partial charge in [-0.2, -0.15) is 5.26 Å². The summed E-state index contributed by atoms with van der Waals surface area (Å²) in [4.78, 5) is 27.6. The molecule has 6 nitrogen and oxygen atoms in total. The van der Waals surface area contributed by atoms with Crippen molar-refractivity contribution in [2.45, 2.75) is 58.9 Å². The summed E-state index contributed by atoms with van der Waals surface area (Å²) in [7, 11) is 1.57. The molecule has 0 saturated heterocycles. The summed E-state index contributed by atoms with van der Waals surface area (Å²) in [6.07, 6.45) is 6.39. The Labute approximate surface area is 184 Å². The van der Waals surface area contributed by atoms with Crippen LogP contribution in [0.15, 0.2) is 34.9 Å². The molecule has 3 rings (SSSR count). The Bertz CT molecular complexity index is 962.